The average molecular weight is 305 g/mol. The van der Waals surface area contributed by atoms with Gasteiger partial charge in [-0.2, -0.15) is 0 Å². The van der Waals surface area contributed by atoms with Crippen molar-refractivity contribution in [1.29, 1.82) is 0 Å². The van der Waals surface area contributed by atoms with E-state index >= 15 is 0 Å². The van der Waals surface area contributed by atoms with Crippen molar-refractivity contribution in [3.05, 3.63) is 36.4 Å². The van der Waals surface area contributed by atoms with Crippen LogP contribution in [0, 0.1) is 12.5 Å². The SMILES string of the molecule is CCOC(=O)c1ccccc1OC(=O)O[CH]C1CCCCC1. The molecule has 0 N–H and O–H groups in total. The summed E-state index contributed by atoms with van der Waals surface area (Å²) in [7, 11) is 0. The highest BCUT2D eigenvalue weighted by Gasteiger charge is 2.19. The molecule has 0 bridgehead atoms. The first-order valence-electron chi connectivity index (χ1n) is 7.68. The normalized spacial score (nSPS) is 15.1. The zero-order valence-electron chi connectivity index (χ0n) is 12.7. The van der Waals surface area contributed by atoms with Crippen LogP contribution in [0.5, 0.6) is 5.75 Å². The van der Waals surface area contributed by atoms with Crippen LogP contribution < -0.4 is 4.74 Å². The van der Waals surface area contributed by atoms with E-state index < -0.39 is 12.1 Å². The molecule has 0 aromatic heterocycles. The molecule has 1 aromatic carbocycles. The minimum absolute atomic E-state index is 0.142. The standard InChI is InChI=1S/C17H21O5/c1-2-20-16(18)14-10-6-7-11-15(14)22-17(19)21-12-13-8-4-3-5-9-13/h6-7,10-13H,2-5,8-9H2,1H3. The van der Waals surface area contributed by atoms with E-state index in [1.807, 2.05) is 0 Å². The smallest absolute Gasteiger partial charge is 0.462 e. The molecule has 0 heterocycles. The Kier molecular flexibility index (Phi) is 6.25. The molecule has 1 fully saturated rings. The lowest BCUT2D eigenvalue weighted by Crippen LogP contribution is -2.16. The molecule has 5 heteroatoms. The summed E-state index contributed by atoms with van der Waals surface area (Å²) in [6, 6.07) is 6.44. The van der Waals surface area contributed by atoms with Crippen LogP contribution >= 0.6 is 0 Å². The van der Waals surface area contributed by atoms with Crippen LogP contribution in [-0.2, 0) is 9.47 Å². The van der Waals surface area contributed by atoms with E-state index in [1.165, 1.54) is 12.5 Å². The Bertz CT molecular complexity index is 506. The Balaban J connectivity index is 1.89. The Labute approximate surface area is 130 Å². The molecule has 0 spiro atoms. The fraction of sp³-hybridized carbons (Fsp3) is 0.471. The summed E-state index contributed by atoms with van der Waals surface area (Å²) in [6.07, 6.45) is 4.79. The van der Waals surface area contributed by atoms with Crippen LogP contribution in [0.25, 0.3) is 0 Å². The number of para-hydroxylation sites is 1. The molecule has 1 saturated carbocycles. The van der Waals surface area contributed by atoms with Crippen molar-refractivity contribution in [3.8, 4) is 5.75 Å². The molecule has 1 aliphatic carbocycles. The van der Waals surface area contributed by atoms with Gasteiger partial charge in [0.15, 0.2) is 0 Å². The Morgan fingerprint density at radius 3 is 2.64 bits per heavy atom. The highest BCUT2D eigenvalue weighted by atomic mass is 16.7. The molecule has 1 aliphatic rings. The monoisotopic (exact) mass is 305 g/mol. The quantitative estimate of drug-likeness (QED) is 0.605. The zero-order valence-corrected chi connectivity index (χ0v) is 12.7. The second-order valence-electron chi connectivity index (χ2n) is 5.22. The fourth-order valence-electron chi connectivity index (χ4n) is 2.47. The largest absolute Gasteiger partial charge is 0.514 e. The number of rotatable bonds is 5. The van der Waals surface area contributed by atoms with E-state index in [2.05, 4.69) is 0 Å². The summed E-state index contributed by atoms with van der Waals surface area (Å²) >= 11 is 0. The van der Waals surface area contributed by atoms with Crippen molar-refractivity contribution >= 4 is 12.1 Å². The van der Waals surface area contributed by atoms with Crippen LogP contribution in [0.1, 0.15) is 49.4 Å². The van der Waals surface area contributed by atoms with Crippen LogP contribution in [-0.4, -0.2) is 18.7 Å². The van der Waals surface area contributed by atoms with Gasteiger partial charge in [0.25, 0.3) is 0 Å². The van der Waals surface area contributed by atoms with Gasteiger partial charge in [0.2, 0.25) is 0 Å². The van der Waals surface area contributed by atoms with Gasteiger partial charge in [0.05, 0.1) is 6.61 Å². The van der Waals surface area contributed by atoms with Gasteiger partial charge in [-0.15, -0.1) is 0 Å². The molecule has 0 atom stereocenters. The summed E-state index contributed by atoms with van der Waals surface area (Å²) in [5, 5.41) is 0. The average Bonchev–Trinajstić information content (AvgIpc) is 2.54. The van der Waals surface area contributed by atoms with Gasteiger partial charge in [-0.3, -0.25) is 0 Å². The van der Waals surface area contributed by atoms with E-state index in [1.54, 1.807) is 31.7 Å². The Morgan fingerprint density at radius 2 is 1.91 bits per heavy atom. The number of carbonyl (C=O) groups excluding carboxylic acids is 2. The molecular formula is C17H21O5. The van der Waals surface area contributed by atoms with Crippen LogP contribution in [0.4, 0.5) is 4.79 Å². The third-order valence-corrected chi connectivity index (χ3v) is 3.58. The number of esters is 1. The summed E-state index contributed by atoms with van der Waals surface area (Å²) in [4.78, 5) is 23.6. The second-order valence-corrected chi connectivity index (χ2v) is 5.22. The summed E-state index contributed by atoms with van der Waals surface area (Å²) in [6.45, 7) is 3.52. The van der Waals surface area contributed by atoms with Crippen molar-refractivity contribution in [1.82, 2.24) is 0 Å². The first-order chi connectivity index (χ1) is 10.7. The fourth-order valence-corrected chi connectivity index (χ4v) is 2.47. The van der Waals surface area contributed by atoms with Crippen LogP contribution in [0.15, 0.2) is 24.3 Å². The maximum atomic E-state index is 11.8. The van der Waals surface area contributed by atoms with Gasteiger partial charge in [-0.25, -0.2) is 9.59 Å². The molecule has 2 rings (SSSR count). The van der Waals surface area contributed by atoms with Gasteiger partial charge in [0, 0.05) is 0 Å². The number of hydrogen-bond acceptors (Lipinski definition) is 5. The lowest BCUT2D eigenvalue weighted by molar-refractivity contribution is 0.0521. The lowest BCUT2D eigenvalue weighted by atomic mass is 9.90. The van der Waals surface area contributed by atoms with Crippen molar-refractivity contribution in [2.75, 3.05) is 6.61 Å². The summed E-state index contributed by atoms with van der Waals surface area (Å²) in [5.74, 6) is -0.0910. The van der Waals surface area contributed by atoms with E-state index in [9.17, 15) is 9.59 Å². The minimum Gasteiger partial charge on any atom is -0.462 e. The first-order valence-corrected chi connectivity index (χ1v) is 7.68. The molecule has 5 nitrogen and oxygen atoms in total. The minimum atomic E-state index is -0.831. The highest BCUT2D eigenvalue weighted by molar-refractivity contribution is 5.93. The molecule has 1 radical (unpaired) electrons. The van der Waals surface area contributed by atoms with E-state index in [-0.39, 0.29) is 17.9 Å². The van der Waals surface area contributed by atoms with Gasteiger partial charge < -0.3 is 14.2 Å². The van der Waals surface area contributed by atoms with Gasteiger partial charge >= 0.3 is 12.1 Å². The van der Waals surface area contributed by atoms with Crippen molar-refractivity contribution in [3.63, 3.8) is 0 Å². The maximum Gasteiger partial charge on any atom is 0.514 e. The van der Waals surface area contributed by atoms with E-state index in [0.29, 0.717) is 5.92 Å². The molecule has 22 heavy (non-hydrogen) atoms. The third kappa shape index (κ3) is 4.76. The summed E-state index contributed by atoms with van der Waals surface area (Å²) < 4.78 is 15.1. The molecule has 119 valence electrons. The number of carbonyl (C=O) groups is 2. The number of hydrogen-bond donors (Lipinski definition) is 0. The number of ether oxygens (including phenoxy) is 3. The molecular weight excluding hydrogens is 284 g/mol. The lowest BCUT2D eigenvalue weighted by Gasteiger charge is -2.20. The van der Waals surface area contributed by atoms with Gasteiger partial charge in [0.1, 0.15) is 17.9 Å². The second kappa shape index (κ2) is 8.41. The predicted octanol–water partition coefficient (Wildman–Crippen LogP) is 4.12. The van der Waals surface area contributed by atoms with Gasteiger partial charge in [-0.05, 0) is 37.8 Å². The third-order valence-electron chi connectivity index (χ3n) is 3.58. The Hall–Kier alpha value is -2.04. The highest BCUT2D eigenvalue weighted by Crippen LogP contribution is 2.26. The molecule has 0 amide bonds. The van der Waals surface area contributed by atoms with E-state index in [4.69, 9.17) is 14.2 Å². The van der Waals surface area contributed by atoms with Crippen molar-refractivity contribution in [2.24, 2.45) is 5.92 Å². The van der Waals surface area contributed by atoms with Gasteiger partial charge in [-0.1, -0.05) is 31.4 Å². The van der Waals surface area contributed by atoms with Crippen LogP contribution in [0.2, 0.25) is 0 Å². The molecule has 1 aromatic rings. The maximum absolute atomic E-state index is 11.8. The predicted molar refractivity (Wildman–Crippen MR) is 80.4 cm³/mol. The Morgan fingerprint density at radius 1 is 1.18 bits per heavy atom. The topological polar surface area (TPSA) is 61.8 Å². The molecule has 0 unspecified atom stereocenters. The van der Waals surface area contributed by atoms with Crippen LogP contribution in [0.3, 0.4) is 0 Å². The van der Waals surface area contributed by atoms with E-state index in [0.717, 1.165) is 25.7 Å². The van der Waals surface area contributed by atoms with Crippen molar-refractivity contribution in [2.45, 2.75) is 39.0 Å². The molecule has 0 aliphatic heterocycles. The molecule has 0 saturated heterocycles. The summed E-state index contributed by atoms with van der Waals surface area (Å²) in [5.41, 5.74) is 0.207. The zero-order chi connectivity index (χ0) is 15.8. The first kappa shape index (κ1) is 16.3. The van der Waals surface area contributed by atoms with Crippen molar-refractivity contribution < 1.29 is 23.8 Å². The number of benzene rings is 1.